The van der Waals surface area contributed by atoms with Gasteiger partial charge in [0.25, 0.3) is 0 Å². The molecule has 0 aromatic heterocycles. The maximum absolute atomic E-state index is 13.2. The van der Waals surface area contributed by atoms with Gasteiger partial charge in [-0.2, -0.15) is 4.31 Å². The van der Waals surface area contributed by atoms with Crippen molar-refractivity contribution in [2.45, 2.75) is 62.8 Å². The van der Waals surface area contributed by atoms with Gasteiger partial charge in [0.2, 0.25) is 10.0 Å². The van der Waals surface area contributed by atoms with Crippen LogP contribution in [0.5, 0.6) is 0 Å². The first-order chi connectivity index (χ1) is 11.1. The number of benzene rings is 1. The molecule has 2 unspecified atom stereocenters. The van der Waals surface area contributed by atoms with Gasteiger partial charge < -0.3 is 4.90 Å². The summed E-state index contributed by atoms with van der Waals surface area (Å²) in [7, 11) is 0.731. The minimum atomic E-state index is -3.36. The summed E-state index contributed by atoms with van der Waals surface area (Å²) in [4.78, 5) is 2.16. The predicted molar refractivity (Wildman–Crippen MR) is 98.6 cm³/mol. The van der Waals surface area contributed by atoms with Crippen molar-refractivity contribution < 1.29 is 8.42 Å². The predicted octanol–water partition coefficient (Wildman–Crippen LogP) is 3.37. The van der Waals surface area contributed by atoms with E-state index in [0.717, 1.165) is 6.42 Å². The molecule has 0 radical (unpaired) electrons. The van der Waals surface area contributed by atoms with Crippen molar-refractivity contribution in [3.8, 4) is 0 Å². The highest BCUT2D eigenvalue weighted by Gasteiger charge is 2.46. The molecule has 0 spiro atoms. The lowest BCUT2D eigenvalue weighted by molar-refractivity contribution is 0.301. The van der Waals surface area contributed by atoms with Crippen molar-refractivity contribution in [3.63, 3.8) is 0 Å². The molecule has 2 atom stereocenters. The van der Waals surface area contributed by atoms with Crippen LogP contribution in [0.2, 0.25) is 0 Å². The number of rotatable bonds is 4. The second-order valence-electron chi connectivity index (χ2n) is 8.46. The summed E-state index contributed by atoms with van der Waals surface area (Å²) in [5.74, 6) is 0.624. The monoisotopic (exact) mass is 350 g/mol. The van der Waals surface area contributed by atoms with Gasteiger partial charge in [0.05, 0.1) is 10.8 Å². The Bertz CT molecular complexity index is 702. The highest BCUT2D eigenvalue weighted by Crippen LogP contribution is 2.47. The molecule has 1 aliphatic heterocycles. The third-order valence-electron chi connectivity index (χ3n) is 5.42. The number of likely N-dealkylation sites (N-methyl/N-ethyl adjacent to an activating group) is 1. The van der Waals surface area contributed by atoms with E-state index < -0.39 is 14.8 Å². The molecule has 0 N–H and O–H groups in total. The quantitative estimate of drug-likeness (QED) is 0.836. The van der Waals surface area contributed by atoms with Crippen LogP contribution in [0.25, 0.3) is 0 Å². The van der Waals surface area contributed by atoms with E-state index in [1.165, 1.54) is 24.0 Å². The van der Waals surface area contributed by atoms with Crippen LogP contribution in [-0.2, 0) is 10.0 Å². The first-order valence-electron chi connectivity index (χ1n) is 8.89. The molecule has 0 bridgehead atoms. The van der Waals surface area contributed by atoms with E-state index in [2.05, 4.69) is 23.1 Å². The summed E-state index contributed by atoms with van der Waals surface area (Å²) in [6.07, 6.45) is 3.33. The van der Waals surface area contributed by atoms with E-state index in [4.69, 9.17) is 0 Å². The van der Waals surface area contributed by atoms with Gasteiger partial charge in [-0.1, -0.05) is 24.3 Å². The molecule has 1 saturated heterocycles. The first-order valence-corrected chi connectivity index (χ1v) is 10.3. The van der Waals surface area contributed by atoms with Crippen molar-refractivity contribution in [1.82, 2.24) is 9.21 Å². The van der Waals surface area contributed by atoms with Crippen LogP contribution >= 0.6 is 0 Å². The van der Waals surface area contributed by atoms with Crippen LogP contribution in [0.3, 0.4) is 0 Å². The van der Waals surface area contributed by atoms with Crippen LogP contribution in [-0.4, -0.2) is 49.1 Å². The smallest absolute Gasteiger partial charge is 0.219 e. The van der Waals surface area contributed by atoms with Crippen molar-refractivity contribution in [3.05, 3.63) is 35.4 Å². The van der Waals surface area contributed by atoms with Crippen LogP contribution in [0.4, 0.5) is 0 Å². The highest BCUT2D eigenvalue weighted by molar-refractivity contribution is 7.90. The normalized spacial score (nSPS) is 26.2. The van der Waals surface area contributed by atoms with Crippen LogP contribution < -0.4 is 0 Å². The molecule has 1 aromatic rings. The molecule has 5 heteroatoms. The van der Waals surface area contributed by atoms with E-state index in [0.29, 0.717) is 12.5 Å². The zero-order valence-electron chi connectivity index (χ0n) is 15.5. The number of hydrogen-bond acceptors (Lipinski definition) is 3. The van der Waals surface area contributed by atoms with Crippen molar-refractivity contribution >= 4 is 10.0 Å². The topological polar surface area (TPSA) is 40.6 Å². The molecule has 0 amide bonds. The second kappa shape index (κ2) is 6.11. The zero-order chi connectivity index (χ0) is 17.7. The Hall–Kier alpha value is -0.910. The Morgan fingerprint density at radius 1 is 1.08 bits per heavy atom. The summed E-state index contributed by atoms with van der Waals surface area (Å²) in [6, 6.07) is 8.68. The molecular weight excluding hydrogens is 320 g/mol. The first kappa shape index (κ1) is 17.9. The van der Waals surface area contributed by atoms with Crippen molar-refractivity contribution in [2.24, 2.45) is 0 Å². The van der Waals surface area contributed by atoms with E-state index in [-0.39, 0.29) is 12.1 Å². The van der Waals surface area contributed by atoms with Gasteiger partial charge in [0.1, 0.15) is 0 Å². The molecule has 24 heavy (non-hydrogen) atoms. The summed E-state index contributed by atoms with van der Waals surface area (Å²) in [6.45, 7) is 5.98. The molecule has 1 saturated carbocycles. The number of nitrogens with zero attached hydrogens (tertiary/aromatic N) is 2. The van der Waals surface area contributed by atoms with E-state index in [1.54, 1.807) is 25.1 Å². The third-order valence-corrected chi connectivity index (χ3v) is 7.99. The summed E-state index contributed by atoms with van der Waals surface area (Å²) in [5.41, 5.74) is 2.58. The zero-order valence-corrected chi connectivity index (χ0v) is 16.3. The lowest BCUT2D eigenvalue weighted by atomic mass is 9.95. The standard InChI is InChI=1S/C19H30N2O2S/c1-19(2,3)24(22,23)21-13-15(20(4)5)12-18(21)17-9-7-6-8-16(17)14-10-11-14/h6-9,14-15,18H,10-13H2,1-5H3. The van der Waals surface area contributed by atoms with Crippen LogP contribution in [0.1, 0.15) is 63.1 Å². The lowest BCUT2D eigenvalue weighted by Gasteiger charge is -2.32. The maximum Gasteiger partial charge on any atom is 0.219 e. The molecular formula is C19H30N2O2S. The van der Waals surface area contributed by atoms with Gasteiger partial charge in [0.15, 0.2) is 0 Å². The van der Waals surface area contributed by atoms with Gasteiger partial charge in [-0.05, 0) is 71.2 Å². The SMILES string of the molecule is CN(C)C1CC(c2ccccc2C2CC2)N(S(=O)(=O)C(C)(C)C)C1. The summed E-state index contributed by atoms with van der Waals surface area (Å²) < 4.78 is 27.4. The summed E-state index contributed by atoms with van der Waals surface area (Å²) in [5, 5.41) is 0. The minimum Gasteiger partial charge on any atom is -0.305 e. The third kappa shape index (κ3) is 3.14. The van der Waals surface area contributed by atoms with Crippen LogP contribution in [0, 0.1) is 0 Å². The molecule has 134 valence electrons. The van der Waals surface area contributed by atoms with E-state index >= 15 is 0 Å². The van der Waals surface area contributed by atoms with Gasteiger partial charge in [0, 0.05) is 12.6 Å². The Balaban J connectivity index is 2.03. The molecule has 1 aliphatic carbocycles. The van der Waals surface area contributed by atoms with Crippen molar-refractivity contribution in [2.75, 3.05) is 20.6 Å². The molecule has 2 aliphatic rings. The Kier molecular flexibility index (Phi) is 4.56. The van der Waals surface area contributed by atoms with Gasteiger partial charge in [-0.3, -0.25) is 0 Å². The lowest BCUT2D eigenvalue weighted by Crippen LogP contribution is -2.44. The molecule has 2 fully saturated rings. The van der Waals surface area contributed by atoms with Gasteiger partial charge >= 0.3 is 0 Å². The molecule has 3 rings (SSSR count). The highest BCUT2D eigenvalue weighted by atomic mass is 32.2. The molecule has 1 heterocycles. The Morgan fingerprint density at radius 3 is 2.17 bits per heavy atom. The Labute approximate surface area is 146 Å². The molecule has 1 aromatic carbocycles. The Morgan fingerprint density at radius 2 is 1.67 bits per heavy atom. The maximum atomic E-state index is 13.2. The van der Waals surface area contributed by atoms with E-state index in [9.17, 15) is 8.42 Å². The van der Waals surface area contributed by atoms with Gasteiger partial charge in [-0.15, -0.1) is 0 Å². The number of sulfonamides is 1. The second-order valence-corrected chi connectivity index (χ2v) is 11.1. The summed E-state index contributed by atoms with van der Waals surface area (Å²) >= 11 is 0. The minimum absolute atomic E-state index is 0.0431. The van der Waals surface area contributed by atoms with Crippen LogP contribution in [0.15, 0.2) is 24.3 Å². The van der Waals surface area contributed by atoms with E-state index in [1.807, 2.05) is 20.2 Å². The average molecular weight is 351 g/mol. The average Bonchev–Trinajstić information content (AvgIpc) is 3.23. The number of hydrogen-bond donors (Lipinski definition) is 0. The fraction of sp³-hybridized carbons (Fsp3) is 0.684. The fourth-order valence-corrected chi connectivity index (χ4v) is 5.25. The largest absolute Gasteiger partial charge is 0.305 e. The van der Waals surface area contributed by atoms with Gasteiger partial charge in [-0.25, -0.2) is 8.42 Å². The molecule has 4 nitrogen and oxygen atoms in total. The van der Waals surface area contributed by atoms with Crippen molar-refractivity contribution in [1.29, 1.82) is 0 Å². The fourth-order valence-electron chi connectivity index (χ4n) is 3.64.